The molecule has 0 atom stereocenters. The van der Waals surface area contributed by atoms with Crippen LogP contribution in [0.5, 0.6) is 0 Å². The van der Waals surface area contributed by atoms with Gasteiger partial charge in [-0.25, -0.2) is 4.39 Å². The van der Waals surface area contributed by atoms with Gasteiger partial charge in [0.15, 0.2) is 0 Å². The smallest absolute Gasteiger partial charge is 0.127 e. The molecule has 0 spiro atoms. The number of nitrogens with two attached hydrogens (primary N) is 1. The zero-order valence-electron chi connectivity index (χ0n) is 11.4. The average molecular weight is 280 g/mol. The standard InChI is InChI=1S/C15H21FN2S/c1-18(9-11-4-2-3-5-11)10-13-8-12(15(17)19)6-7-14(13)16/h6-8,11H,2-5,9-10H2,1H3,(H2,17,19). The molecule has 1 aromatic carbocycles. The Morgan fingerprint density at radius 3 is 2.74 bits per heavy atom. The summed E-state index contributed by atoms with van der Waals surface area (Å²) in [5.74, 6) is 0.588. The molecule has 2 N–H and O–H groups in total. The Hall–Kier alpha value is -1.00. The molecule has 104 valence electrons. The van der Waals surface area contributed by atoms with Crippen molar-refractivity contribution in [3.05, 3.63) is 35.1 Å². The molecule has 0 radical (unpaired) electrons. The van der Waals surface area contributed by atoms with Crippen LogP contribution in [0, 0.1) is 11.7 Å². The van der Waals surface area contributed by atoms with Crippen molar-refractivity contribution in [1.82, 2.24) is 4.90 Å². The molecule has 0 saturated heterocycles. The summed E-state index contributed by atoms with van der Waals surface area (Å²) in [5, 5.41) is 0. The van der Waals surface area contributed by atoms with Crippen LogP contribution in [0.25, 0.3) is 0 Å². The van der Waals surface area contributed by atoms with E-state index >= 15 is 0 Å². The van der Waals surface area contributed by atoms with E-state index in [-0.39, 0.29) is 5.82 Å². The van der Waals surface area contributed by atoms with E-state index in [4.69, 9.17) is 18.0 Å². The van der Waals surface area contributed by atoms with E-state index in [1.807, 2.05) is 7.05 Å². The maximum Gasteiger partial charge on any atom is 0.127 e. The van der Waals surface area contributed by atoms with Crippen molar-refractivity contribution >= 4 is 17.2 Å². The predicted octanol–water partition coefficient (Wildman–Crippen LogP) is 3.08. The lowest BCUT2D eigenvalue weighted by Crippen LogP contribution is -2.24. The monoisotopic (exact) mass is 280 g/mol. The second-order valence-electron chi connectivity index (χ2n) is 5.52. The van der Waals surface area contributed by atoms with Gasteiger partial charge in [0.05, 0.1) is 0 Å². The van der Waals surface area contributed by atoms with Gasteiger partial charge in [-0.05, 0) is 44.0 Å². The number of halogens is 1. The highest BCUT2D eigenvalue weighted by atomic mass is 32.1. The van der Waals surface area contributed by atoms with Gasteiger partial charge in [0, 0.05) is 24.2 Å². The molecule has 0 heterocycles. The van der Waals surface area contributed by atoms with Gasteiger partial charge in [-0.1, -0.05) is 25.1 Å². The number of hydrogen-bond acceptors (Lipinski definition) is 2. The van der Waals surface area contributed by atoms with E-state index in [0.717, 1.165) is 18.0 Å². The Bertz CT molecular complexity index is 455. The van der Waals surface area contributed by atoms with Crippen LogP contribution >= 0.6 is 12.2 Å². The second-order valence-corrected chi connectivity index (χ2v) is 5.96. The lowest BCUT2D eigenvalue weighted by atomic mass is 10.1. The summed E-state index contributed by atoms with van der Waals surface area (Å²) in [7, 11) is 2.05. The van der Waals surface area contributed by atoms with Crippen molar-refractivity contribution in [2.45, 2.75) is 32.2 Å². The fourth-order valence-corrected chi connectivity index (χ4v) is 2.97. The van der Waals surface area contributed by atoms with Crippen LogP contribution in [0.3, 0.4) is 0 Å². The first-order chi connectivity index (χ1) is 9.06. The number of hydrogen-bond donors (Lipinski definition) is 1. The number of nitrogens with zero attached hydrogens (tertiary/aromatic N) is 1. The van der Waals surface area contributed by atoms with Gasteiger partial charge in [0.2, 0.25) is 0 Å². The lowest BCUT2D eigenvalue weighted by molar-refractivity contribution is 0.268. The van der Waals surface area contributed by atoms with Crippen LogP contribution in [0.15, 0.2) is 18.2 Å². The minimum Gasteiger partial charge on any atom is -0.389 e. The Morgan fingerprint density at radius 2 is 2.11 bits per heavy atom. The second kappa shape index (κ2) is 6.44. The Kier molecular flexibility index (Phi) is 4.88. The third-order valence-electron chi connectivity index (χ3n) is 3.82. The van der Waals surface area contributed by atoms with E-state index in [2.05, 4.69) is 4.90 Å². The fourth-order valence-electron chi connectivity index (χ4n) is 2.84. The molecule has 0 aliphatic heterocycles. The molecule has 1 aliphatic carbocycles. The normalized spacial score (nSPS) is 16.2. The first kappa shape index (κ1) is 14.4. The van der Waals surface area contributed by atoms with Crippen molar-refractivity contribution < 1.29 is 4.39 Å². The average Bonchev–Trinajstić information content (AvgIpc) is 2.84. The van der Waals surface area contributed by atoms with Crippen molar-refractivity contribution in [3.8, 4) is 0 Å². The van der Waals surface area contributed by atoms with Crippen LogP contribution in [-0.4, -0.2) is 23.5 Å². The Morgan fingerprint density at radius 1 is 1.42 bits per heavy atom. The van der Waals surface area contributed by atoms with Gasteiger partial charge in [0.1, 0.15) is 10.8 Å². The van der Waals surface area contributed by atoms with Gasteiger partial charge < -0.3 is 10.6 Å². The summed E-state index contributed by atoms with van der Waals surface area (Å²) in [5.41, 5.74) is 7.00. The van der Waals surface area contributed by atoms with Crippen molar-refractivity contribution in [2.24, 2.45) is 11.7 Å². The summed E-state index contributed by atoms with van der Waals surface area (Å²) < 4.78 is 13.8. The Balaban J connectivity index is 2.00. The lowest BCUT2D eigenvalue weighted by Gasteiger charge is -2.21. The van der Waals surface area contributed by atoms with Crippen molar-refractivity contribution in [3.63, 3.8) is 0 Å². The highest BCUT2D eigenvalue weighted by Gasteiger charge is 2.17. The van der Waals surface area contributed by atoms with Gasteiger partial charge in [0.25, 0.3) is 0 Å². The summed E-state index contributed by atoms with van der Waals surface area (Å²) in [6.07, 6.45) is 5.28. The van der Waals surface area contributed by atoms with E-state index < -0.39 is 0 Å². The third-order valence-corrected chi connectivity index (χ3v) is 4.05. The highest BCUT2D eigenvalue weighted by Crippen LogP contribution is 2.25. The number of thiocarbonyl (C=S) groups is 1. The SMILES string of the molecule is CN(Cc1cc(C(N)=S)ccc1F)CC1CCCC1. The molecule has 2 rings (SSSR count). The third kappa shape index (κ3) is 3.98. The minimum atomic E-state index is -0.182. The molecule has 19 heavy (non-hydrogen) atoms. The van der Waals surface area contributed by atoms with E-state index in [1.54, 1.807) is 12.1 Å². The van der Waals surface area contributed by atoms with Gasteiger partial charge in [-0.3, -0.25) is 0 Å². The quantitative estimate of drug-likeness (QED) is 0.841. The fraction of sp³-hybridized carbons (Fsp3) is 0.533. The van der Waals surface area contributed by atoms with Crippen molar-refractivity contribution in [2.75, 3.05) is 13.6 Å². The molecule has 0 unspecified atom stereocenters. The minimum absolute atomic E-state index is 0.182. The van der Waals surface area contributed by atoms with Gasteiger partial charge in [-0.15, -0.1) is 0 Å². The molecule has 0 bridgehead atoms. The molecule has 1 fully saturated rings. The molecular formula is C15H21FN2S. The summed E-state index contributed by atoms with van der Waals surface area (Å²) in [4.78, 5) is 2.51. The maximum absolute atomic E-state index is 13.8. The van der Waals surface area contributed by atoms with Crippen LogP contribution in [-0.2, 0) is 6.54 Å². The number of benzene rings is 1. The topological polar surface area (TPSA) is 29.3 Å². The van der Waals surface area contributed by atoms with Crippen LogP contribution in [0.4, 0.5) is 4.39 Å². The van der Waals surface area contributed by atoms with Crippen LogP contribution < -0.4 is 5.73 Å². The largest absolute Gasteiger partial charge is 0.389 e. The summed E-state index contributed by atoms with van der Waals surface area (Å²) >= 11 is 4.94. The molecule has 1 saturated carbocycles. The molecule has 4 heteroatoms. The first-order valence-corrected chi connectivity index (χ1v) is 7.24. The maximum atomic E-state index is 13.8. The van der Waals surface area contributed by atoms with Gasteiger partial charge >= 0.3 is 0 Å². The van der Waals surface area contributed by atoms with Crippen LogP contribution in [0.2, 0.25) is 0 Å². The zero-order chi connectivity index (χ0) is 13.8. The van der Waals surface area contributed by atoms with E-state index in [0.29, 0.717) is 17.1 Å². The Labute approximate surface area is 119 Å². The summed E-state index contributed by atoms with van der Waals surface area (Å²) in [6.45, 7) is 1.65. The number of rotatable bonds is 5. The molecule has 1 aromatic rings. The van der Waals surface area contributed by atoms with Crippen molar-refractivity contribution in [1.29, 1.82) is 0 Å². The van der Waals surface area contributed by atoms with Gasteiger partial charge in [-0.2, -0.15) is 0 Å². The first-order valence-electron chi connectivity index (χ1n) is 6.83. The van der Waals surface area contributed by atoms with E-state index in [1.165, 1.54) is 31.7 Å². The molecule has 0 aromatic heterocycles. The molecule has 2 nitrogen and oxygen atoms in total. The zero-order valence-corrected chi connectivity index (χ0v) is 12.2. The highest BCUT2D eigenvalue weighted by molar-refractivity contribution is 7.80. The summed E-state index contributed by atoms with van der Waals surface area (Å²) in [6, 6.07) is 4.86. The van der Waals surface area contributed by atoms with E-state index in [9.17, 15) is 4.39 Å². The van der Waals surface area contributed by atoms with Crippen LogP contribution in [0.1, 0.15) is 36.8 Å². The molecule has 1 aliphatic rings. The predicted molar refractivity (Wildman–Crippen MR) is 80.6 cm³/mol. The molecule has 0 amide bonds. The molecular weight excluding hydrogens is 259 g/mol.